The minimum absolute atomic E-state index is 0.0737. The lowest BCUT2D eigenvalue weighted by atomic mass is 9.96. The molecule has 17 heavy (non-hydrogen) atoms. The molecule has 1 atom stereocenters. The first kappa shape index (κ1) is 11.3. The van der Waals surface area contributed by atoms with Crippen molar-refractivity contribution in [1.29, 1.82) is 0 Å². The smallest absolute Gasteiger partial charge is 0.234 e. The summed E-state index contributed by atoms with van der Waals surface area (Å²) in [5.41, 5.74) is 1.01. The zero-order chi connectivity index (χ0) is 12.1. The van der Waals surface area contributed by atoms with Crippen LogP contribution in [0.1, 0.15) is 24.8 Å². The molecule has 2 N–H and O–H groups in total. The monoisotopic (exact) mass is 230 g/mol. The lowest BCUT2D eigenvalue weighted by Gasteiger charge is -2.13. The highest BCUT2D eigenvalue weighted by atomic mass is 16.2. The van der Waals surface area contributed by atoms with E-state index in [0.29, 0.717) is 5.95 Å². The Morgan fingerprint density at radius 1 is 1.41 bits per heavy atom. The van der Waals surface area contributed by atoms with Crippen LogP contribution in [-0.2, 0) is 4.79 Å². The molecule has 2 rings (SSSR count). The highest BCUT2D eigenvalue weighted by Crippen LogP contribution is 2.20. The Balaban J connectivity index is 2.11. The zero-order valence-electron chi connectivity index (χ0n) is 9.55. The molecule has 0 fully saturated rings. The number of benzene rings is 1. The molecule has 1 amide bonds. The standard InChI is InChI=1S/C12H14N4O/c1-2-10(9-6-4-3-5-7-9)11(17)15-12-13-8-14-16-12/h3-8,10H,2H2,1H3,(H2,13,14,15,16,17)/t10-/m0/s1. The highest BCUT2D eigenvalue weighted by Gasteiger charge is 2.18. The van der Waals surface area contributed by atoms with Gasteiger partial charge >= 0.3 is 0 Å². The second-order valence-corrected chi connectivity index (χ2v) is 3.69. The molecule has 2 aromatic rings. The van der Waals surface area contributed by atoms with Gasteiger partial charge in [-0.25, -0.2) is 5.10 Å². The van der Waals surface area contributed by atoms with E-state index in [9.17, 15) is 4.79 Å². The van der Waals surface area contributed by atoms with Crippen LogP contribution >= 0.6 is 0 Å². The highest BCUT2D eigenvalue weighted by molar-refractivity contribution is 5.94. The van der Waals surface area contributed by atoms with Gasteiger partial charge in [-0.2, -0.15) is 10.1 Å². The molecule has 0 aliphatic rings. The SMILES string of the molecule is CC[C@H](C(=O)Nc1ncn[nH]1)c1ccccc1. The molecule has 1 aromatic heterocycles. The van der Waals surface area contributed by atoms with Crippen LogP contribution in [0.3, 0.4) is 0 Å². The molecule has 0 saturated heterocycles. The molecule has 0 bridgehead atoms. The van der Waals surface area contributed by atoms with E-state index in [4.69, 9.17) is 0 Å². The van der Waals surface area contributed by atoms with Crippen molar-refractivity contribution in [1.82, 2.24) is 15.2 Å². The summed E-state index contributed by atoms with van der Waals surface area (Å²) in [7, 11) is 0. The molecule has 1 heterocycles. The Morgan fingerprint density at radius 3 is 2.76 bits per heavy atom. The number of aromatic amines is 1. The maximum Gasteiger partial charge on any atom is 0.234 e. The molecule has 0 radical (unpaired) electrons. The van der Waals surface area contributed by atoms with E-state index >= 15 is 0 Å². The van der Waals surface area contributed by atoms with Crippen LogP contribution in [0.5, 0.6) is 0 Å². The van der Waals surface area contributed by atoms with Gasteiger partial charge in [0.15, 0.2) is 0 Å². The number of nitrogens with zero attached hydrogens (tertiary/aromatic N) is 2. The molecule has 0 saturated carbocycles. The summed E-state index contributed by atoms with van der Waals surface area (Å²) in [4.78, 5) is 15.9. The fourth-order valence-corrected chi connectivity index (χ4v) is 1.73. The van der Waals surface area contributed by atoms with Crippen molar-refractivity contribution in [3.63, 3.8) is 0 Å². The number of hydrogen-bond donors (Lipinski definition) is 2. The molecule has 5 nitrogen and oxygen atoms in total. The maximum atomic E-state index is 12.0. The second-order valence-electron chi connectivity index (χ2n) is 3.69. The third-order valence-corrected chi connectivity index (χ3v) is 2.58. The lowest BCUT2D eigenvalue weighted by Crippen LogP contribution is -2.21. The predicted octanol–water partition coefficient (Wildman–Crippen LogP) is 1.94. The van der Waals surface area contributed by atoms with E-state index in [0.717, 1.165) is 12.0 Å². The van der Waals surface area contributed by atoms with Crippen molar-refractivity contribution < 1.29 is 4.79 Å². The Bertz CT molecular complexity index is 467. The van der Waals surface area contributed by atoms with Crippen LogP contribution in [-0.4, -0.2) is 21.1 Å². The fraction of sp³-hybridized carbons (Fsp3) is 0.250. The molecule has 0 aliphatic heterocycles. The summed E-state index contributed by atoms with van der Waals surface area (Å²) in [6, 6.07) is 9.70. The van der Waals surface area contributed by atoms with Gasteiger partial charge in [0.1, 0.15) is 6.33 Å². The first-order chi connectivity index (χ1) is 8.31. The lowest BCUT2D eigenvalue weighted by molar-refractivity contribution is -0.117. The Labute approximate surface area is 99.3 Å². The number of nitrogens with one attached hydrogen (secondary N) is 2. The number of carbonyl (C=O) groups is 1. The third kappa shape index (κ3) is 2.69. The van der Waals surface area contributed by atoms with Gasteiger partial charge in [0.2, 0.25) is 11.9 Å². The number of aromatic nitrogens is 3. The first-order valence-electron chi connectivity index (χ1n) is 5.52. The quantitative estimate of drug-likeness (QED) is 0.843. The second kappa shape index (κ2) is 5.25. The third-order valence-electron chi connectivity index (χ3n) is 2.58. The molecule has 5 heteroatoms. The van der Waals surface area contributed by atoms with Gasteiger partial charge < -0.3 is 0 Å². The van der Waals surface area contributed by atoms with E-state index in [2.05, 4.69) is 20.5 Å². The number of hydrogen-bond acceptors (Lipinski definition) is 3. The number of carbonyl (C=O) groups excluding carboxylic acids is 1. The van der Waals surface area contributed by atoms with Crippen molar-refractivity contribution in [2.75, 3.05) is 5.32 Å². The average Bonchev–Trinajstić information content (AvgIpc) is 2.84. The van der Waals surface area contributed by atoms with Crippen LogP contribution in [0, 0.1) is 0 Å². The Kier molecular flexibility index (Phi) is 3.49. The summed E-state index contributed by atoms with van der Waals surface area (Å²) >= 11 is 0. The topological polar surface area (TPSA) is 70.7 Å². The summed E-state index contributed by atoms with van der Waals surface area (Å²) in [5.74, 6) is 0.140. The van der Waals surface area contributed by atoms with Crippen molar-refractivity contribution in [3.8, 4) is 0 Å². The summed E-state index contributed by atoms with van der Waals surface area (Å²) in [5, 5.41) is 8.99. The molecular weight excluding hydrogens is 216 g/mol. The van der Waals surface area contributed by atoms with Gasteiger partial charge in [0, 0.05) is 0 Å². The van der Waals surface area contributed by atoms with E-state index in [1.54, 1.807) is 0 Å². The summed E-state index contributed by atoms with van der Waals surface area (Å²) < 4.78 is 0. The summed E-state index contributed by atoms with van der Waals surface area (Å²) in [6.45, 7) is 1.98. The fourth-order valence-electron chi connectivity index (χ4n) is 1.73. The van der Waals surface area contributed by atoms with Crippen molar-refractivity contribution in [2.45, 2.75) is 19.3 Å². The first-order valence-corrected chi connectivity index (χ1v) is 5.52. The normalized spacial score (nSPS) is 12.1. The van der Waals surface area contributed by atoms with Crippen molar-refractivity contribution in [3.05, 3.63) is 42.2 Å². The molecule has 0 aliphatic carbocycles. The molecule has 0 spiro atoms. The number of H-pyrrole nitrogens is 1. The van der Waals surface area contributed by atoms with Crippen LogP contribution in [0.4, 0.5) is 5.95 Å². The maximum absolute atomic E-state index is 12.0. The largest absolute Gasteiger partial charge is 0.294 e. The van der Waals surface area contributed by atoms with Gasteiger partial charge in [-0.3, -0.25) is 10.1 Å². The van der Waals surface area contributed by atoms with Crippen LogP contribution in [0.15, 0.2) is 36.7 Å². The van der Waals surface area contributed by atoms with Gasteiger partial charge in [0.05, 0.1) is 5.92 Å². The van der Waals surface area contributed by atoms with Crippen molar-refractivity contribution >= 4 is 11.9 Å². The molecule has 0 unspecified atom stereocenters. The van der Waals surface area contributed by atoms with Gasteiger partial charge in [-0.15, -0.1) is 0 Å². The minimum atomic E-state index is -0.165. The van der Waals surface area contributed by atoms with Crippen LogP contribution < -0.4 is 5.32 Å². The average molecular weight is 230 g/mol. The van der Waals surface area contributed by atoms with Gasteiger partial charge in [-0.1, -0.05) is 37.3 Å². The number of rotatable bonds is 4. The van der Waals surface area contributed by atoms with Crippen molar-refractivity contribution in [2.24, 2.45) is 0 Å². The molecule has 1 aromatic carbocycles. The van der Waals surface area contributed by atoms with E-state index in [1.165, 1.54) is 6.33 Å². The van der Waals surface area contributed by atoms with Gasteiger partial charge in [-0.05, 0) is 12.0 Å². The molecule has 88 valence electrons. The van der Waals surface area contributed by atoms with E-state index in [-0.39, 0.29) is 11.8 Å². The number of amides is 1. The van der Waals surface area contributed by atoms with Gasteiger partial charge in [0.25, 0.3) is 0 Å². The van der Waals surface area contributed by atoms with E-state index in [1.807, 2.05) is 37.3 Å². The Hall–Kier alpha value is -2.17. The molecular formula is C12H14N4O. The van der Waals surface area contributed by atoms with Crippen LogP contribution in [0.2, 0.25) is 0 Å². The zero-order valence-corrected chi connectivity index (χ0v) is 9.55. The minimum Gasteiger partial charge on any atom is -0.294 e. The van der Waals surface area contributed by atoms with E-state index < -0.39 is 0 Å². The predicted molar refractivity (Wildman–Crippen MR) is 64.5 cm³/mol. The Morgan fingerprint density at radius 2 is 2.18 bits per heavy atom. The number of anilines is 1. The van der Waals surface area contributed by atoms with Crippen LogP contribution in [0.25, 0.3) is 0 Å². The summed E-state index contributed by atoms with van der Waals surface area (Å²) in [6.07, 6.45) is 2.10.